The van der Waals surface area contributed by atoms with Gasteiger partial charge in [0, 0.05) is 31.9 Å². The molecule has 0 radical (unpaired) electrons. The third-order valence-electron chi connectivity index (χ3n) is 6.12. The van der Waals surface area contributed by atoms with Crippen molar-refractivity contribution < 1.29 is 17.9 Å². The molecule has 3 rings (SSSR count). The van der Waals surface area contributed by atoms with Crippen molar-refractivity contribution in [3.8, 4) is 5.75 Å². The number of nitrogens with zero attached hydrogens (tertiary/aromatic N) is 2. The SMILES string of the molecule is CCOc1ccccc1NC(=O)c1cc(S(=O)(=O)N(CC)CC)ccc1N1CCC(C)CC1. The molecule has 1 fully saturated rings. The summed E-state index contributed by atoms with van der Waals surface area (Å²) in [7, 11) is -3.69. The van der Waals surface area contributed by atoms with E-state index in [1.165, 1.54) is 10.4 Å². The Kier molecular flexibility index (Phi) is 8.37. The van der Waals surface area contributed by atoms with Crippen LogP contribution in [0.4, 0.5) is 11.4 Å². The molecule has 0 aromatic heterocycles. The van der Waals surface area contributed by atoms with Crippen molar-refractivity contribution in [3.63, 3.8) is 0 Å². The fourth-order valence-corrected chi connectivity index (χ4v) is 5.62. The first kappa shape index (κ1) is 25.1. The molecule has 0 spiro atoms. The summed E-state index contributed by atoms with van der Waals surface area (Å²) in [5.74, 6) is 0.861. The summed E-state index contributed by atoms with van der Waals surface area (Å²) in [4.78, 5) is 15.8. The predicted molar refractivity (Wildman–Crippen MR) is 133 cm³/mol. The third kappa shape index (κ3) is 5.68. The van der Waals surface area contributed by atoms with E-state index in [9.17, 15) is 13.2 Å². The molecule has 2 aromatic carbocycles. The first-order valence-electron chi connectivity index (χ1n) is 11.7. The molecular formula is C25H35N3O4S. The summed E-state index contributed by atoms with van der Waals surface area (Å²) in [5, 5.41) is 2.94. The second-order valence-corrected chi connectivity index (χ2v) is 10.3. The minimum absolute atomic E-state index is 0.128. The van der Waals surface area contributed by atoms with Crippen LogP contribution in [0.2, 0.25) is 0 Å². The summed E-state index contributed by atoms with van der Waals surface area (Å²) >= 11 is 0. The van der Waals surface area contributed by atoms with Crippen LogP contribution in [0.15, 0.2) is 47.4 Å². The fraction of sp³-hybridized carbons (Fsp3) is 0.480. The highest BCUT2D eigenvalue weighted by Crippen LogP contribution is 2.31. The summed E-state index contributed by atoms with van der Waals surface area (Å²) < 4.78 is 33.4. The number of hydrogen-bond donors (Lipinski definition) is 1. The fourth-order valence-electron chi connectivity index (χ4n) is 4.14. The van der Waals surface area contributed by atoms with Gasteiger partial charge in [0.05, 0.1) is 22.8 Å². The maximum Gasteiger partial charge on any atom is 0.257 e. The van der Waals surface area contributed by atoms with Gasteiger partial charge in [0.2, 0.25) is 10.0 Å². The van der Waals surface area contributed by atoms with Gasteiger partial charge in [-0.2, -0.15) is 4.31 Å². The van der Waals surface area contributed by atoms with Crippen molar-refractivity contribution >= 4 is 27.3 Å². The van der Waals surface area contributed by atoms with Crippen LogP contribution in [0, 0.1) is 5.92 Å². The molecule has 1 saturated heterocycles. The van der Waals surface area contributed by atoms with Crippen LogP contribution < -0.4 is 15.0 Å². The normalized spacial score (nSPS) is 15.0. The number of rotatable bonds is 9. The standard InChI is InChI=1S/C25H35N3O4S/c1-5-28(6-2)33(30,31)20-12-13-23(27-16-14-19(4)15-17-27)21(18-20)25(29)26-22-10-8-9-11-24(22)32-7-3/h8-13,18-19H,5-7,14-17H2,1-4H3,(H,26,29). The van der Waals surface area contributed by atoms with Crippen LogP contribution in [0.25, 0.3) is 0 Å². The van der Waals surface area contributed by atoms with E-state index < -0.39 is 10.0 Å². The van der Waals surface area contributed by atoms with Gasteiger partial charge in [-0.15, -0.1) is 0 Å². The minimum atomic E-state index is -3.69. The number of para-hydroxylation sites is 2. The molecule has 0 atom stereocenters. The Balaban J connectivity index is 2.03. The molecule has 1 heterocycles. The van der Waals surface area contributed by atoms with Gasteiger partial charge in [0.15, 0.2) is 0 Å². The van der Waals surface area contributed by atoms with Crippen LogP contribution >= 0.6 is 0 Å². The van der Waals surface area contributed by atoms with E-state index in [1.54, 1.807) is 24.3 Å². The van der Waals surface area contributed by atoms with E-state index in [2.05, 4.69) is 17.1 Å². The Bertz CT molecular complexity index is 1060. The zero-order valence-electron chi connectivity index (χ0n) is 20.0. The Hall–Kier alpha value is -2.58. The molecule has 0 saturated carbocycles. The summed E-state index contributed by atoms with van der Waals surface area (Å²) in [5.41, 5.74) is 1.66. The number of sulfonamides is 1. The van der Waals surface area contributed by atoms with Crippen molar-refractivity contribution in [2.45, 2.75) is 45.4 Å². The van der Waals surface area contributed by atoms with Gasteiger partial charge in [-0.1, -0.05) is 32.9 Å². The zero-order valence-corrected chi connectivity index (χ0v) is 20.8. The minimum Gasteiger partial charge on any atom is -0.492 e. The molecule has 33 heavy (non-hydrogen) atoms. The highest BCUT2D eigenvalue weighted by atomic mass is 32.2. The number of amides is 1. The number of nitrogens with one attached hydrogen (secondary N) is 1. The Morgan fingerprint density at radius 3 is 2.39 bits per heavy atom. The van der Waals surface area contributed by atoms with Gasteiger partial charge in [-0.25, -0.2) is 8.42 Å². The van der Waals surface area contributed by atoms with Gasteiger partial charge in [-0.05, 0) is 56.0 Å². The lowest BCUT2D eigenvalue weighted by atomic mass is 9.98. The topological polar surface area (TPSA) is 78.9 Å². The largest absolute Gasteiger partial charge is 0.492 e. The van der Waals surface area contributed by atoms with Crippen LogP contribution in [-0.4, -0.2) is 51.4 Å². The zero-order chi connectivity index (χ0) is 24.0. The number of carbonyl (C=O) groups excluding carboxylic acids is 1. The van der Waals surface area contributed by atoms with Crippen molar-refractivity contribution in [2.24, 2.45) is 5.92 Å². The average molecular weight is 474 g/mol. The summed E-state index contributed by atoms with van der Waals surface area (Å²) in [6.07, 6.45) is 2.07. The van der Waals surface area contributed by atoms with Crippen LogP contribution in [0.3, 0.4) is 0 Å². The maximum absolute atomic E-state index is 13.5. The predicted octanol–water partition coefficient (Wildman–Crippen LogP) is 4.60. The first-order valence-corrected chi connectivity index (χ1v) is 13.2. The maximum atomic E-state index is 13.5. The summed E-state index contributed by atoms with van der Waals surface area (Å²) in [6.45, 7) is 10.6. The average Bonchev–Trinajstić information content (AvgIpc) is 2.81. The van der Waals surface area contributed by atoms with Gasteiger partial charge in [0.1, 0.15) is 5.75 Å². The van der Waals surface area contributed by atoms with Crippen molar-refractivity contribution in [1.29, 1.82) is 0 Å². The van der Waals surface area contributed by atoms with Gasteiger partial charge >= 0.3 is 0 Å². The smallest absolute Gasteiger partial charge is 0.257 e. The molecule has 2 aromatic rings. The highest BCUT2D eigenvalue weighted by Gasteiger charge is 2.27. The molecule has 1 aliphatic rings. The molecule has 1 N–H and O–H groups in total. The highest BCUT2D eigenvalue weighted by molar-refractivity contribution is 7.89. The van der Waals surface area contributed by atoms with Crippen LogP contribution in [0.1, 0.15) is 50.9 Å². The number of hydrogen-bond acceptors (Lipinski definition) is 5. The Morgan fingerprint density at radius 2 is 1.76 bits per heavy atom. The molecular weight excluding hydrogens is 438 g/mol. The van der Waals surface area contributed by atoms with Crippen molar-refractivity contribution in [3.05, 3.63) is 48.0 Å². The van der Waals surface area contributed by atoms with E-state index in [4.69, 9.17) is 4.74 Å². The van der Waals surface area contributed by atoms with Gasteiger partial charge < -0.3 is 15.0 Å². The summed E-state index contributed by atoms with van der Waals surface area (Å²) in [6, 6.07) is 12.2. The van der Waals surface area contributed by atoms with Crippen LogP contribution in [0.5, 0.6) is 5.75 Å². The van der Waals surface area contributed by atoms with Gasteiger partial charge in [0.25, 0.3) is 5.91 Å². The van der Waals surface area contributed by atoms with E-state index in [1.807, 2.05) is 32.9 Å². The Labute approximate surface area is 197 Å². The first-order chi connectivity index (χ1) is 15.8. The second-order valence-electron chi connectivity index (χ2n) is 8.32. The number of ether oxygens (including phenoxy) is 1. The molecule has 0 unspecified atom stereocenters. The van der Waals surface area contributed by atoms with Crippen molar-refractivity contribution in [2.75, 3.05) is 43.0 Å². The second kappa shape index (κ2) is 11.0. The molecule has 1 aliphatic heterocycles. The van der Waals surface area contributed by atoms with Crippen LogP contribution in [-0.2, 0) is 10.0 Å². The number of anilines is 2. The lowest BCUT2D eigenvalue weighted by Gasteiger charge is -2.33. The van der Waals surface area contributed by atoms with E-state index in [-0.39, 0.29) is 10.8 Å². The van der Waals surface area contributed by atoms with E-state index in [0.717, 1.165) is 31.6 Å². The lowest BCUT2D eigenvalue weighted by molar-refractivity contribution is 0.102. The number of carbonyl (C=O) groups is 1. The third-order valence-corrected chi connectivity index (χ3v) is 8.16. The molecule has 180 valence electrons. The molecule has 1 amide bonds. The molecule has 7 nitrogen and oxygen atoms in total. The molecule has 8 heteroatoms. The van der Waals surface area contributed by atoms with Gasteiger partial charge in [-0.3, -0.25) is 4.79 Å². The van der Waals surface area contributed by atoms with Crippen molar-refractivity contribution in [1.82, 2.24) is 4.31 Å². The lowest BCUT2D eigenvalue weighted by Crippen LogP contribution is -2.35. The quantitative estimate of drug-likeness (QED) is 0.576. The van der Waals surface area contributed by atoms with E-state index >= 15 is 0 Å². The monoisotopic (exact) mass is 473 g/mol. The van der Waals surface area contributed by atoms with E-state index in [0.29, 0.717) is 42.6 Å². The number of piperidine rings is 1. The molecule has 0 aliphatic carbocycles. The Morgan fingerprint density at radius 1 is 1.09 bits per heavy atom. The number of benzene rings is 2. The molecule has 0 bridgehead atoms.